The lowest BCUT2D eigenvalue weighted by molar-refractivity contribution is -0.131. The average molecular weight is 325 g/mol. The van der Waals surface area contributed by atoms with Gasteiger partial charge in [0.15, 0.2) is 0 Å². The number of carbonyl (C=O) groups excluding carboxylic acids is 1. The number of rotatable bonds is 3. The smallest absolute Gasteiger partial charge is 0.227 e. The molecule has 0 N–H and O–H groups in total. The minimum absolute atomic E-state index is 0.256. The summed E-state index contributed by atoms with van der Waals surface area (Å²) in [7, 11) is 0. The SMILES string of the molecule is O=C(Cc1cccs1)N1CCC(c2cccc3nccn23)CC1. The predicted molar refractivity (Wildman–Crippen MR) is 91.8 cm³/mol. The molecular formula is C18H19N3OS. The van der Waals surface area contributed by atoms with Crippen LogP contribution in [-0.2, 0) is 11.2 Å². The summed E-state index contributed by atoms with van der Waals surface area (Å²) in [5.41, 5.74) is 2.31. The van der Waals surface area contributed by atoms with E-state index >= 15 is 0 Å². The first-order valence-corrected chi connectivity index (χ1v) is 8.91. The van der Waals surface area contributed by atoms with E-state index in [1.54, 1.807) is 11.3 Å². The molecule has 0 saturated carbocycles. The van der Waals surface area contributed by atoms with E-state index in [0.717, 1.165) is 36.5 Å². The number of nitrogens with zero attached hydrogens (tertiary/aromatic N) is 3. The second-order valence-corrected chi connectivity index (χ2v) is 7.05. The maximum absolute atomic E-state index is 12.4. The van der Waals surface area contributed by atoms with Gasteiger partial charge in [-0.1, -0.05) is 12.1 Å². The lowest BCUT2D eigenvalue weighted by Crippen LogP contribution is -2.38. The van der Waals surface area contributed by atoms with E-state index in [9.17, 15) is 4.79 Å². The molecule has 23 heavy (non-hydrogen) atoms. The fourth-order valence-electron chi connectivity index (χ4n) is 3.40. The molecule has 0 unspecified atom stereocenters. The molecule has 0 atom stereocenters. The fourth-order valence-corrected chi connectivity index (χ4v) is 4.10. The number of piperidine rings is 1. The third-order valence-electron chi connectivity index (χ3n) is 4.63. The van der Waals surface area contributed by atoms with Crippen molar-refractivity contribution < 1.29 is 4.79 Å². The standard InChI is InChI=1S/C18H19N3OS/c22-18(13-15-3-2-12-23-15)20-9-6-14(7-10-20)16-4-1-5-17-19-8-11-21(16)17/h1-5,8,11-12,14H,6-7,9-10,13H2. The van der Waals surface area contributed by atoms with E-state index in [4.69, 9.17) is 0 Å². The van der Waals surface area contributed by atoms with Crippen LogP contribution in [0.25, 0.3) is 5.65 Å². The van der Waals surface area contributed by atoms with E-state index < -0.39 is 0 Å². The van der Waals surface area contributed by atoms with Crippen LogP contribution in [0.3, 0.4) is 0 Å². The first-order valence-electron chi connectivity index (χ1n) is 8.03. The van der Waals surface area contributed by atoms with Gasteiger partial charge in [-0.3, -0.25) is 4.79 Å². The van der Waals surface area contributed by atoms with E-state index in [0.29, 0.717) is 12.3 Å². The molecule has 4 nitrogen and oxygen atoms in total. The third-order valence-corrected chi connectivity index (χ3v) is 5.51. The Bertz CT molecular complexity index is 801. The molecule has 1 aliphatic rings. The summed E-state index contributed by atoms with van der Waals surface area (Å²) >= 11 is 1.66. The lowest BCUT2D eigenvalue weighted by atomic mass is 9.92. The number of aromatic nitrogens is 2. The van der Waals surface area contributed by atoms with Crippen molar-refractivity contribution in [2.45, 2.75) is 25.2 Å². The number of amides is 1. The Hall–Kier alpha value is -2.14. The molecule has 0 bridgehead atoms. The molecule has 1 aliphatic heterocycles. The van der Waals surface area contributed by atoms with Crippen molar-refractivity contribution >= 4 is 22.9 Å². The Morgan fingerprint density at radius 2 is 2.09 bits per heavy atom. The molecular weight excluding hydrogens is 306 g/mol. The highest BCUT2D eigenvalue weighted by atomic mass is 32.1. The number of imidazole rings is 1. The molecule has 3 aromatic heterocycles. The van der Waals surface area contributed by atoms with Crippen molar-refractivity contribution in [3.05, 3.63) is 58.7 Å². The number of hydrogen-bond donors (Lipinski definition) is 0. The van der Waals surface area contributed by atoms with E-state index in [2.05, 4.69) is 21.5 Å². The van der Waals surface area contributed by atoms with Crippen molar-refractivity contribution in [1.29, 1.82) is 0 Å². The summed E-state index contributed by atoms with van der Waals surface area (Å²) in [4.78, 5) is 19.9. The van der Waals surface area contributed by atoms with Gasteiger partial charge in [0.05, 0.1) is 6.42 Å². The minimum Gasteiger partial charge on any atom is -0.342 e. The van der Waals surface area contributed by atoms with Crippen molar-refractivity contribution in [3.8, 4) is 0 Å². The topological polar surface area (TPSA) is 37.6 Å². The monoisotopic (exact) mass is 325 g/mol. The van der Waals surface area contributed by atoms with Gasteiger partial charge in [-0.25, -0.2) is 4.98 Å². The van der Waals surface area contributed by atoms with Gasteiger partial charge in [0.25, 0.3) is 0 Å². The highest BCUT2D eigenvalue weighted by molar-refractivity contribution is 7.10. The van der Waals surface area contributed by atoms with E-state index in [1.165, 1.54) is 5.69 Å². The van der Waals surface area contributed by atoms with Gasteiger partial charge in [0, 0.05) is 42.0 Å². The maximum Gasteiger partial charge on any atom is 0.227 e. The van der Waals surface area contributed by atoms with Crippen LogP contribution in [0.1, 0.15) is 29.3 Å². The number of hydrogen-bond acceptors (Lipinski definition) is 3. The zero-order valence-corrected chi connectivity index (χ0v) is 13.7. The van der Waals surface area contributed by atoms with Crippen molar-refractivity contribution in [3.63, 3.8) is 0 Å². The summed E-state index contributed by atoms with van der Waals surface area (Å²) in [5, 5.41) is 2.03. The lowest BCUT2D eigenvalue weighted by Gasteiger charge is -2.32. The Morgan fingerprint density at radius 3 is 2.87 bits per heavy atom. The van der Waals surface area contributed by atoms with Crippen LogP contribution in [0.4, 0.5) is 0 Å². The molecule has 0 aliphatic carbocycles. The van der Waals surface area contributed by atoms with Gasteiger partial charge in [-0.05, 0) is 36.4 Å². The van der Waals surface area contributed by atoms with Gasteiger partial charge in [-0.2, -0.15) is 0 Å². The Balaban J connectivity index is 1.43. The molecule has 118 valence electrons. The highest BCUT2D eigenvalue weighted by Crippen LogP contribution is 2.28. The molecule has 1 amide bonds. The number of pyridine rings is 1. The third kappa shape index (κ3) is 2.88. The van der Waals surface area contributed by atoms with Gasteiger partial charge in [0.1, 0.15) is 5.65 Å². The molecule has 1 fully saturated rings. The second-order valence-electron chi connectivity index (χ2n) is 6.02. The molecule has 5 heteroatoms. The largest absolute Gasteiger partial charge is 0.342 e. The number of fused-ring (bicyclic) bond motifs is 1. The van der Waals surface area contributed by atoms with Gasteiger partial charge in [-0.15, -0.1) is 11.3 Å². The number of likely N-dealkylation sites (tertiary alicyclic amines) is 1. The normalized spacial score (nSPS) is 16.1. The first-order chi connectivity index (χ1) is 11.3. The van der Waals surface area contributed by atoms with Crippen LogP contribution in [0.5, 0.6) is 0 Å². The Morgan fingerprint density at radius 1 is 1.22 bits per heavy atom. The Labute approximate surface area is 139 Å². The van der Waals surface area contributed by atoms with Crippen molar-refractivity contribution in [1.82, 2.24) is 14.3 Å². The van der Waals surface area contributed by atoms with Crippen LogP contribution in [0, 0.1) is 0 Å². The van der Waals surface area contributed by atoms with Crippen LogP contribution in [-0.4, -0.2) is 33.3 Å². The van der Waals surface area contributed by atoms with Gasteiger partial charge >= 0.3 is 0 Å². The predicted octanol–water partition coefficient (Wildman–Crippen LogP) is 3.34. The summed E-state index contributed by atoms with van der Waals surface area (Å²) in [6, 6.07) is 10.3. The summed E-state index contributed by atoms with van der Waals surface area (Å²) in [6.45, 7) is 1.69. The van der Waals surface area contributed by atoms with Gasteiger partial charge < -0.3 is 9.30 Å². The quantitative estimate of drug-likeness (QED) is 0.740. The molecule has 4 heterocycles. The molecule has 1 saturated heterocycles. The summed E-state index contributed by atoms with van der Waals surface area (Å²) in [5.74, 6) is 0.755. The second kappa shape index (κ2) is 6.16. The van der Waals surface area contributed by atoms with Crippen LogP contribution >= 0.6 is 11.3 Å². The molecule has 3 aromatic rings. The summed E-state index contributed by atoms with van der Waals surface area (Å²) in [6.07, 6.45) is 6.46. The van der Waals surface area contributed by atoms with E-state index in [1.807, 2.05) is 40.9 Å². The van der Waals surface area contributed by atoms with Gasteiger partial charge in [0.2, 0.25) is 5.91 Å². The van der Waals surface area contributed by atoms with Crippen molar-refractivity contribution in [2.75, 3.05) is 13.1 Å². The number of thiophene rings is 1. The highest BCUT2D eigenvalue weighted by Gasteiger charge is 2.25. The van der Waals surface area contributed by atoms with Crippen LogP contribution in [0.15, 0.2) is 48.1 Å². The number of carbonyl (C=O) groups is 1. The van der Waals surface area contributed by atoms with Crippen molar-refractivity contribution in [2.24, 2.45) is 0 Å². The maximum atomic E-state index is 12.4. The van der Waals surface area contributed by atoms with Crippen LogP contribution in [0.2, 0.25) is 0 Å². The first kappa shape index (κ1) is 14.5. The van der Waals surface area contributed by atoms with E-state index in [-0.39, 0.29) is 5.91 Å². The zero-order chi connectivity index (χ0) is 15.6. The molecule has 0 spiro atoms. The molecule has 4 rings (SSSR count). The zero-order valence-electron chi connectivity index (χ0n) is 12.9. The van der Waals surface area contributed by atoms with Crippen LogP contribution < -0.4 is 0 Å². The average Bonchev–Trinajstić information content (AvgIpc) is 3.25. The molecule has 0 aromatic carbocycles. The summed E-state index contributed by atoms with van der Waals surface area (Å²) < 4.78 is 2.17. The molecule has 0 radical (unpaired) electrons. The Kier molecular flexibility index (Phi) is 3.87. The fraction of sp³-hybridized carbons (Fsp3) is 0.333. The minimum atomic E-state index is 0.256.